The fraction of sp³-hybridized carbons (Fsp3) is 0.278. The van der Waals surface area contributed by atoms with Crippen molar-refractivity contribution in [1.82, 2.24) is 15.2 Å². The molecular formula is C18H20N4O2. The Balaban J connectivity index is 1.48. The quantitative estimate of drug-likeness (QED) is 0.857. The maximum absolute atomic E-state index is 12.2. The second-order valence-corrected chi connectivity index (χ2v) is 5.66. The first-order valence-corrected chi connectivity index (χ1v) is 8.00. The molecule has 0 radical (unpaired) electrons. The monoisotopic (exact) mass is 324 g/mol. The number of aromatic nitrogens is 1. The third-order valence-corrected chi connectivity index (χ3v) is 4.06. The van der Waals surface area contributed by atoms with Gasteiger partial charge in [-0.15, -0.1) is 0 Å². The van der Waals surface area contributed by atoms with Crippen LogP contribution in [0.2, 0.25) is 0 Å². The Morgan fingerprint density at radius 1 is 1.00 bits per heavy atom. The average molecular weight is 324 g/mol. The van der Waals surface area contributed by atoms with Crippen LogP contribution in [0.3, 0.4) is 0 Å². The summed E-state index contributed by atoms with van der Waals surface area (Å²) >= 11 is 0. The number of amides is 2. The molecule has 1 N–H and O–H groups in total. The maximum Gasteiger partial charge on any atom is 0.312 e. The minimum Gasteiger partial charge on any atom is -0.368 e. The summed E-state index contributed by atoms with van der Waals surface area (Å²) in [4.78, 5) is 32.1. The number of rotatable bonds is 3. The van der Waals surface area contributed by atoms with Crippen molar-refractivity contribution in [2.45, 2.75) is 6.54 Å². The van der Waals surface area contributed by atoms with Crippen molar-refractivity contribution >= 4 is 17.5 Å². The molecule has 2 amide bonds. The summed E-state index contributed by atoms with van der Waals surface area (Å²) in [6, 6.07) is 13.7. The molecule has 0 spiro atoms. The number of piperazine rings is 1. The van der Waals surface area contributed by atoms with Gasteiger partial charge in [0.25, 0.3) is 0 Å². The van der Waals surface area contributed by atoms with E-state index in [0.29, 0.717) is 19.6 Å². The van der Waals surface area contributed by atoms with Crippen LogP contribution >= 0.6 is 0 Å². The molecule has 0 bridgehead atoms. The lowest BCUT2D eigenvalue weighted by Crippen LogP contribution is -2.52. The minimum atomic E-state index is -0.563. The summed E-state index contributed by atoms with van der Waals surface area (Å²) in [5, 5.41) is 2.66. The van der Waals surface area contributed by atoms with Crippen molar-refractivity contribution in [3.8, 4) is 0 Å². The first-order valence-electron chi connectivity index (χ1n) is 8.00. The smallest absolute Gasteiger partial charge is 0.312 e. The second-order valence-electron chi connectivity index (χ2n) is 5.66. The van der Waals surface area contributed by atoms with Crippen LogP contribution in [-0.4, -0.2) is 47.9 Å². The number of pyridine rings is 1. The van der Waals surface area contributed by atoms with E-state index in [4.69, 9.17) is 0 Å². The zero-order valence-corrected chi connectivity index (χ0v) is 13.4. The first-order chi connectivity index (χ1) is 11.7. The normalized spacial score (nSPS) is 14.3. The number of carbonyl (C=O) groups excluding carboxylic acids is 2. The van der Waals surface area contributed by atoms with Gasteiger partial charge in [0, 0.05) is 50.8 Å². The van der Waals surface area contributed by atoms with Crippen molar-refractivity contribution in [2.75, 3.05) is 31.1 Å². The Kier molecular flexibility index (Phi) is 5.05. The van der Waals surface area contributed by atoms with Gasteiger partial charge < -0.3 is 15.1 Å². The highest BCUT2D eigenvalue weighted by Crippen LogP contribution is 2.15. The van der Waals surface area contributed by atoms with Crippen molar-refractivity contribution in [1.29, 1.82) is 0 Å². The maximum atomic E-state index is 12.2. The van der Waals surface area contributed by atoms with Crippen LogP contribution in [0.4, 0.5) is 5.69 Å². The molecule has 6 nitrogen and oxygen atoms in total. The van der Waals surface area contributed by atoms with E-state index in [1.54, 1.807) is 23.4 Å². The van der Waals surface area contributed by atoms with Crippen LogP contribution in [0.1, 0.15) is 5.56 Å². The molecule has 1 fully saturated rings. The molecule has 6 heteroatoms. The van der Waals surface area contributed by atoms with Gasteiger partial charge in [0.15, 0.2) is 0 Å². The first kappa shape index (κ1) is 16.0. The number of hydrogen-bond donors (Lipinski definition) is 1. The number of nitrogens with zero attached hydrogens (tertiary/aromatic N) is 3. The van der Waals surface area contributed by atoms with Crippen LogP contribution in [-0.2, 0) is 16.1 Å². The van der Waals surface area contributed by atoms with Crippen LogP contribution < -0.4 is 10.2 Å². The lowest BCUT2D eigenvalue weighted by molar-refractivity contribution is -0.146. The molecule has 0 aliphatic carbocycles. The third-order valence-electron chi connectivity index (χ3n) is 4.06. The number of para-hydroxylation sites is 1. The fourth-order valence-electron chi connectivity index (χ4n) is 2.71. The summed E-state index contributed by atoms with van der Waals surface area (Å²) in [5.41, 5.74) is 2.01. The summed E-state index contributed by atoms with van der Waals surface area (Å²) in [6.45, 7) is 2.86. The topological polar surface area (TPSA) is 65.5 Å². The van der Waals surface area contributed by atoms with E-state index in [1.807, 2.05) is 24.3 Å². The number of nitrogens with one attached hydrogen (secondary N) is 1. The zero-order chi connectivity index (χ0) is 16.8. The van der Waals surface area contributed by atoms with E-state index in [-0.39, 0.29) is 0 Å². The minimum absolute atomic E-state index is 0.308. The van der Waals surface area contributed by atoms with Gasteiger partial charge in [-0.2, -0.15) is 0 Å². The van der Waals surface area contributed by atoms with Crippen LogP contribution in [0.25, 0.3) is 0 Å². The molecule has 1 aromatic heterocycles. The molecular weight excluding hydrogens is 304 g/mol. The molecule has 0 unspecified atom stereocenters. The third kappa shape index (κ3) is 3.90. The van der Waals surface area contributed by atoms with Gasteiger partial charge in [-0.3, -0.25) is 14.6 Å². The Labute approximate surface area is 141 Å². The predicted octanol–water partition coefficient (Wildman–Crippen LogP) is 1.05. The van der Waals surface area contributed by atoms with Gasteiger partial charge in [-0.05, 0) is 23.8 Å². The zero-order valence-electron chi connectivity index (χ0n) is 13.4. The molecule has 2 heterocycles. The van der Waals surface area contributed by atoms with Crippen molar-refractivity contribution in [2.24, 2.45) is 0 Å². The highest BCUT2D eigenvalue weighted by atomic mass is 16.2. The molecule has 24 heavy (non-hydrogen) atoms. The van der Waals surface area contributed by atoms with Gasteiger partial charge in [0.05, 0.1) is 0 Å². The molecule has 1 aromatic carbocycles. The number of anilines is 1. The number of benzene rings is 1. The Bertz CT molecular complexity index is 683. The molecule has 0 saturated carbocycles. The summed E-state index contributed by atoms with van der Waals surface area (Å²) in [5.74, 6) is -1.03. The summed E-state index contributed by atoms with van der Waals surface area (Å²) < 4.78 is 0. The predicted molar refractivity (Wildman–Crippen MR) is 91.3 cm³/mol. The van der Waals surface area contributed by atoms with Gasteiger partial charge in [-0.25, -0.2) is 0 Å². The van der Waals surface area contributed by atoms with Crippen molar-refractivity contribution in [3.63, 3.8) is 0 Å². The number of hydrogen-bond acceptors (Lipinski definition) is 4. The van der Waals surface area contributed by atoms with Gasteiger partial charge >= 0.3 is 11.8 Å². The van der Waals surface area contributed by atoms with Crippen molar-refractivity contribution < 1.29 is 9.59 Å². The summed E-state index contributed by atoms with van der Waals surface area (Å²) in [7, 11) is 0. The highest BCUT2D eigenvalue weighted by molar-refractivity contribution is 6.35. The van der Waals surface area contributed by atoms with E-state index < -0.39 is 11.8 Å². The molecule has 0 atom stereocenters. The van der Waals surface area contributed by atoms with E-state index in [1.165, 1.54) is 0 Å². The van der Waals surface area contributed by atoms with Gasteiger partial charge in [-0.1, -0.05) is 24.3 Å². The Morgan fingerprint density at radius 2 is 1.75 bits per heavy atom. The van der Waals surface area contributed by atoms with Gasteiger partial charge in [0.1, 0.15) is 0 Å². The van der Waals surface area contributed by atoms with Gasteiger partial charge in [0.2, 0.25) is 0 Å². The van der Waals surface area contributed by atoms with E-state index in [9.17, 15) is 9.59 Å². The average Bonchev–Trinajstić information content (AvgIpc) is 2.67. The molecule has 1 aliphatic heterocycles. The lowest BCUT2D eigenvalue weighted by atomic mass is 10.2. The molecule has 124 valence electrons. The molecule has 2 aromatic rings. The fourth-order valence-corrected chi connectivity index (χ4v) is 2.71. The largest absolute Gasteiger partial charge is 0.368 e. The SMILES string of the molecule is O=C(NCc1cccnc1)C(=O)N1CCN(c2ccccc2)CC1. The van der Waals surface area contributed by atoms with Crippen LogP contribution in [0, 0.1) is 0 Å². The standard InChI is InChI=1S/C18H20N4O2/c23-17(20-14-15-5-4-8-19-13-15)18(24)22-11-9-21(10-12-22)16-6-2-1-3-7-16/h1-8,13H,9-12,14H2,(H,20,23). The van der Waals surface area contributed by atoms with E-state index in [0.717, 1.165) is 24.3 Å². The molecule has 3 rings (SSSR count). The van der Waals surface area contributed by atoms with E-state index in [2.05, 4.69) is 27.3 Å². The molecule has 1 aliphatic rings. The van der Waals surface area contributed by atoms with Crippen LogP contribution in [0.5, 0.6) is 0 Å². The molecule has 1 saturated heterocycles. The summed E-state index contributed by atoms with van der Waals surface area (Å²) in [6.07, 6.45) is 3.34. The highest BCUT2D eigenvalue weighted by Gasteiger charge is 2.25. The lowest BCUT2D eigenvalue weighted by Gasteiger charge is -2.35. The number of carbonyl (C=O) groups is 2. The van der Waals surface area contributed by atoms with Crippen LogP contribution in [0.15, 0.2) is 54.9 Å². The van der Waals surface area contributed by atoms with E-state index >= 15 is 0 Å². The second kappa shape index (κ2) is 7.59. The Morgan fingerprint density at radius 3 is 2.42 bits per heavy atom. The van der Waals surface area contributed by atoms with Crippen molar-refractivity contribution in [3.05, 3.63) is 60.4 Å². The Hall–Kier alpha value is -2.89.